The third-order valence-electron chi connectivity index (χ3n) is 6.41. The number of hydrazone groups is 1. The van der Waals surface area contributed by atoms with Crippen LogP contribution < -0.4 is 5.01 Å². The van der Waals surface area contributed by atoms with Gasteiger partial charge in [-0.15, -0.1) is 0 Å². The Morgan fingerprint density at radius 2 is 1.47 bits per heavy atom. The molecule has 5 rings (SSSR count). The lowest BCUT2D eigenvalue weighted by Crippen LogP contribution is -2.28. The molecular formula is C26H22N4O4. The highest BCUT2D eigenvalue weighted by Crippen LogP contribution is 2.46. The van der Waals surface area contributed by atoms with Crippen LogP contribution in [0.4, 0.5) is 17.1 Å². The Labute approximate surface area is 196 Å². The summed E-state index contributed by atoms with van der Waals surface area (Å²) in [4.78, 5) is 21.3. The van der Waals surface area contributed by atoms with E-state index in [9.17, 15) is 20.2 Å². The molecule has 2 atom stereocenters. The number of hydrogen-bond donors (Lipinski definition) is 0. The molecule has 8 heteroatoms. The molecule has 1 aliphatic carbocycles. The van der Waals surface area contributed by atoms with Gasteiger partial charge < -0.3 is 0 Å². The molecule has 34 heavy (non-hydrogen) atoms. The van der Waals surface area contributed by atoms with Crippen molar-refractivity contribution in [3.8, 4) is 0 Å². The maximum absolute atomic E-state index is 11.1. The predicted octanol–water partition coefficient (Wildman–Crippen LogP) is 6.30. The lowest BCUT2D eigenvalue weighted by atomic mass is 9.77. The van der Waals surface area contributed by atoms with Crippen LogP contribution in [-0.4, -0.2) is 15.6 Å². The first-order valence-electron chi connectivity index (χ1n) is 11.1. The van der Waals surface area contributed by atoms with Gasteiger partial charge >= 0.3 is 0 Å². The van der Waals surface area contributed by atoms with Crippen LogP contribution in [0.2, 0.25) is 0 Å². The molecule has 1 heterocycles. The summed E-state index contributed by atoms with van der Waals surface area (Å²) in [5.74, 6) is 0.177. The lowest BCUT2D eigenvalue weighted by Gasteiger charge is -2.30. The van der Waals surface area contributed by atoms with Crippen molar-refractivity contribution in [2.24, 2.45) is 11.0 Å². The molecule has 1 fully saturated rings. The van der Waals surface area contributed by atoms with Crippen molar-refractivity contribution < 1.29 is 9.85 Å². The molecule has 0 unspecified atom stereocenters. The van der Waals surface area contributed by atoms with E-state index in [1.807, 2.05) is 23.2 Å². The van der Waals surface area contributed by atoms with Crippen molar-refractivity contribution in [2.75, 3.05) is 5.01 Å². The van der Waals surface area contributed by atoms with Crippen molar-refractivity contribution >= 4 is 28.8 Å². The second-order valence-corrected chi connectivity index (χ2v) is 8.48. The van der Waals surface area contributed by atoms with Gasteiger partial charge in [0.25, 0.3) is 11.4 Å². The van der Waals surface area contributed by atoms with Crippen LogP contribution in [0.5, 0.6) is 0 Å². The summed E-state index contributed by atoms with van der Waals surface area (Å²) in [7, 11) is 0. The molecular weight excluding hydrogens is 432 g/mol. The van der Waals surface area contributed by atoms with E-state index in [2.05, 4.69) is 18.2 Å². The third-order valence-corrected chi connectivity index (χ3v) is 6.41. The molecule has 0 aromatic heterocycles. The SMILES string of the molecule is O=[N+]([O-])c1ccc(/C=C2/CCC[C@H]3C2=NN(c2ccc([N+](=O)[O-])cc2)[C@H]3c2ccccc2)cc1. The Morgan fingerprint density at radius 3 is 2.09 bits per heavy atom. The van der Waals surface area contributed by atoms with Crippen molar-refractivity contribution in [3.63, 3.8) is 0 Å². The Morgan fingerprint density at radius 1 is 0.853 bits per heavy atom. The van der Waals surface area contributed by atoms with Crippen LogP contribution in [0.3, 0.4) is 0 Å². The highest BCUT2D eigenvalue weighted by atomic mass is 16.6. The van der Waals surface area contributed by atoms with Crippen LogP contribution in [0.25, 0.3) is 6.08 Å². The molecule has 1 aliphatic heterocycles. The zero-order valence-corrected chi connectivity index (χ0v) is 18.3. The fourth-order valence-electron chi connectivity index (χ4n) is 4.82. The van der Waals surface area contributed by atoms with Gasteiger partial charge in [-0.3, -0.25) is 25.2 Å². The molecule has 8 nitrogen and oxygen atoms in total. The fourth-order valence-corrected chi connectivity index (χ4v) is 4.82. The van der Waals surface area contributed by atoms with E-state index in [0.29, 0.717) is 0 Å². The van der Waals surface area contributed by atoms with Gasteiger partial charge in [0.2, 0.25) is 0 Å². The summed E-state index contributed by atoms with van der Waals surface area (Å²) in [6, 6.07) is 23.2. The highest BCUT2D eigenvalue weighted by molar-refractivity contribution is 6.08. The fraction of sp³-hybridized carbons (Fsp3) is 0.192. The van der Waals surface area contributed by atoms with E-state index in [-0.39, 0.29) is 23.3 Å². The van der Waals surface area contributed by atoms with E-state index < -0.39 is 9.85 Å². The van der Waals surface area contributed by atoms with E-state index in [4.69, 9.17) is 5.10 Å². The number of nitro groups is 2. The lowest BCUT2D eigenvalue weighted by molar-refractivity contribution is -0.385. The number of benzene rings is 3. The molecule has 0 amide bonds. The molecule has 0 spiro atoms. The van der Waals surface area contributed by atoms with E-state index in [1.165, 1.54) is 24.3 Å². The summed E-state index contributed by atoms with van der Waals surface area (Å²) in [6.07, 6.45) is 4.94. The molecule has 0 radical (unpaired) electrons. The number of rotatable bonds is 5. The number of allylic oxidation sites excluding steroid dienone is 1. The van der Waals surface area contributed by atoms with Gasteiger partial charge in [0, 0.05) is 30.2 Å². The first kappa shape index (κ1) is 21.5. The Hall–Kier alpha value is -4.33. The Balaban J connectivity index is 1.55. The molecule has 1 saturated carbocycles. The summed E-state index contributed by atoms with van der Waals surface area (Å²) in [6.45, 7) is 0. The summed E-state index contributed by atoms with van der Waals surface area (Å²) in [5, 5.41) is 29.1. The summed E-state index contributed by atoms with van der Waals surface area (Å²) >= 11 is 0. The van der Waals surface area contributed by atoms with Crippen molar-refractivity contribution in [2.45, 2.75) is 25.3 Å². The number of nitrogens with zero attached hydrogens (tertiary/aromatic N) is 4. The number of nitro benzene ring substituents is 2. The molecule has 3 aromatic rings. The maximum Gasteiger partial charge on any atom is 0.269 e. The number of non-ortho nitro benzene ring substituents is 2. The van der Waals surface area contributed by atoms with E-state index in [0.717, 1.165) is 47.4 Å². The first-order chi connectivity index (χ1) is 16.5. The third kappa shape index (κ3) is 4.05. The van der Waals surface area contributed by atoms with Crippen molar-refractivity contribution in [1.29, 1.82) is 0 Å². The van der Waals surface area contributed by atoms with Crippen molar-refractivity contribution in [3.05, 3.63) is 116 Å². The van der Waals surface area contributed by atoms with Crippen LogP contribution in [0.1, 0.15) is 36.4 Å². The smallest absolute Gasteiger partial charge is 0.258 e. The van der Waals surface area contributed by atoms with E-state index >= 15 is 0 Å². The second-order valence-electron chi connectivity index (χ2n) is 8.48. The topological polar surface area (TPSA) is 102 Å². The zero-order chi connectivity index (χ0) is 23.7. The maximum atomic E-state index is 11.1. The van der Waals surface area contributed by atoms with Crippen molar-refractivity contribution in [1.82, 2.24) is 0 Å². The highest BCUT2D eigenvalue weighted by Gasteiger charge is 2.41. The zero-order valence-electron chi connectivity index (χ0n) is 18.3. The largest absolute Gasteiger partial charge is 0.269 e. The Bertz CT molecular complexity index is 1280. The van der Waals surface area contributed by atoms with Gasteiger partial charge in [-0.25, -0.2) is 0 Å². The van der Waals surface area contributed by atoms with Gasteiger partial charge in [-0.05, 0) is 66.3 Å². The summed E-state index contributed by atoms with van der Waals surface area (Å²) in [5.41, 5.74) is 5.08. The average Bonchev–Trinajstić information content (AvgIpc) is 3.25. The van der Waals surface area contributed by atoms with Gasteiger partial charge in [-0.2, -0.15) is 5.10 Å². The Kier molecular flexibility index (Phi) is 5.63. The molecule has 170 valence electrons. The van der Waals surface area contributed by atoms with Crippen LogP contribution in [-0.2, 0) is 0 Å². The van der Waals surface area contributed by atoms with E-state index in [1.54, 1.807) is 24.3 Å². The molecule has 0 bridgehead atoms. The minimum absolute atomic E-state index is 0.0155. The standard InChI is InChI=1S/C26H22N4O4/c31-29(32)22-11-9-18(10-12-22)17-20-7-4-8-24-25(20)27-28(26(24)19-5-2-1-3-6-19)21-13-15-23(16-14-21)30(33)34/h1-3,5-6,9-17,24,26H,4,7-8H2/b20-17-/t24-,26-/m0/s1. The first-order valence-corrected chi connectivity index (χ1v) is 11.1. The average molecular weight is 454 g/mol. The van der Waals surface area contributed by atoms with Gasteiger partial charge in [0.15, 0.2) is 0 Å². The molecule has 3 aromatic carbocycles. The monoisotopic (exact) mass is 454 g/mol. The molecule has 0 N–H and O–H groups in total. The molecule has 2 aliphatic rings. The van der Waals surface area contributed by atoms with Crippen LogP contribution in [0.15, 0.2) is 89.5 Å². The second kappa shape index (κ2) is 8.90. The van der Waals surface area contributed by atoms with Gasteiger partial charge in [-0.1, -0.05) is 30.3 Å². The van der Waals surface area contributed by atoms with Gasteiger partial charge in [0.05, 0.1) is 27.3 Å². The summed E-state index contributed by atoms with van der Waals surface area (Å²) < 4.78 is 0. The van der Waals surface area contributed by atoms with Crippen LogP contribution >= 0.6 is 0 Å². The predicted molar refractivity (Wildman–Crippen MR) is 131 cm³/mol. The number of fused-ring (bicyclic) bond motifs is 1. The minimum Gasteiger partial charge on any atom is -0.258 e. The molecule has 0 saturated heterocycles. The minimum atomic E-state index is -0.404. The number of hydrogen-bond acceptors (Lipinski definition) is 6. The van der Waals surface area contributed by atoms with Gasteiger partial charge in [0.1, 0.15) is 0 Å². The quantitative estimate of drug-likeness (QED) is 0.332. The normalized spacial score (nSPS) is 20.6. The van der Waals surface area contributed by atoms with Crippen LogP contribution in [0, 0.1) is 26.1 Å². The number of anilines is 1.